The molecule has 138 valence electrons. The number of hydrogen-bond acceptors (Lipinski definition) is 5. The van der Waals surface area contributed by atoms with Gasteiger partial charge >= 0.3 is 6.09 Å². The zero-order chi connectivity index (χ0) is 18.6. The number of aryl methyl sites for hydroxylation is 2. The number of alkyl carbamates (subject to hydrolysis) is 1. The Morgan fingerprint density at radius 2 is 2.04 bits per heavy atom. The predicted octanol–water partition coefficient (Wildman–Crippen LogP) is 2.69. The summed E-state index contributed by atoms with van der Waals surface area (Å²) in [6, 6.07) is 2.05. The van der Waals surface area contributed by atoms with E-state index >= 15 is 0 Å². The molecule has 2 aromatic heterocycles. The molecule has 25 heavy (non-hydrogen) atoms. The van der Waals surface area contributed by atoms with Crippen LogP contribution in [0.5, 0.6) is 0 Å². The molecule has 0 fully saturated rings. The minimum atomic E-state index is -0.464. The Balaban J connectivity index is 1.78. The molecule has 7 heteroatoms. The molecule has 1 N–H and O–H groups in total. The van der Waals surface area contributed by atoms with E-state index in [1.807, 2.05) is 51.4 Å². The lowest BCUT2D eigenvalue weighted by atomic mass is 10.2. The maximum absolute atomic E-state index is 11.6. The van der Waals surface area contributed by atoms with Crippen LogP contribution in [0.15, 0.2) is 12.3 Å². The van der Waals surface area contributed by atoms with Crippen molar-refractivity contribution in [2.24, 2.45) is 0 Å². The lowest BCUT2D eigenvalue weighted by molar-refractivity contribution is 0.0526. The molecule has 0 unspecified atom stereocenters. The first-order valence-electron chi connectivity index (χ1n) is 8.62. The molecule has 0 aliphatic carbocycles. The zero-order valence-corrected chi connectivity index (χ0v) is 16.1. The lowest BCUT2D eigenvalue weighted by Gasteiger charge is -2.20. The molecule has 2 rings (SSSR count). The summed E-state index contributed by atoms with van der Waals surface area (Å²) < 4.78 is 7.23. The van der Waals surface area contributed by atoms with E-state index in [1.165, 1.54) is 0 Å². The Morgan fingerprint density at radius 1 is 1.32 bits per heavy atom. The van der Waals surface area contributed by atoms with Crippen molar-refractivity contribution in [1.29, 1.82) is 0 Å². The summed E-state index contributed by atoms with van der Waals surface area (Å²) in [5, 5.41) is 2.78. The summed E-state index contributed by atoms with van der Waals surface area (Å²) in [6.07, 6.45) is 2.51. The number of hydrogen-bond donors (Lipinski definition) is 1. The van der Waals surface area contributed by atoms with E-state index in [2.05, 4.69) is 27.1 Å². The average Bonchev–Trinajstić information content (AvgIpc) is 2.84. The van der Waals surface area contributed by atoms with Gasteiger partial charge in [-0.2, -0.15) is 0 Å². The second kappa shape index (κ2) is 7.82. The van der Waals surface area contributed by atoms with E-state index in [1.54, 1.807) is 0 Å². The van der Waals surface area contributed by atoms with Gasteiger partial charge in [0.05, 0.1) is 5.69 Å². The maximum Gasteiger partial charge on any atom is 0.407 e. The van der Waals surface area contributed by atoms with Crippen molar-refractivity contribution in [1.82, 2.24) is 24.6 Å². The Kier molecular flexibility index (Phi) is 6.00. The molecule has 0 radical (unpaired) electrons. The normalized spacial score (nSPS) is 12.0. The number of carbonyl (C=O) groups is 1. The van der Waals surface area contributed by atoms with Gasteiger partial charge in [0.1, 0.15) is 5.60 Å². The van der Waals surface area contributed by atoms with Gasteiger partial charge in [-0.05, 0) is 60.7 Å². The Hall–Kier alpha value is -2.15. The van der Waals surface area contributed by atoms with Gasteiger partial charge in [0.25, 0.3) is 0 Å². The number of fused-ring (bicyclic) bond motifs is 1. The number of imidazole rings is 1. The molecule has 0 bridgehead atoms. The van der Waals surface area contributed by atoms with Gasteiger partial charge in [-0.3, -0.25) is 4.40 Å². The number of aromatic nitrogens is 3. The topological polar surface area (TPSA) is 71.8 Å². The first kappa shape index (κ1) is 19.2. The van der Waals surface area contributed by atoms with Gasteiger partial charge in [-0.15, -0.1) is 0 Å². The van der Waals surface area contributed by atoms with E-state index in [0.29, 0.717) is 6.54 Å². The first-order valence-corrected chi connectivity index (χ1v) is 8.62. The van der Waals surface area contributed by atoms with Crippen LogP contribution in [0.1, 0.15) is 44.3 Å². The molecule has 0 saturated carbocycles. The smallest absolute Gasteiger partial charge is 0.407 e. The van der Waals surface area contributed by atoms with E-state index in [0.717, 1.165) is 42.4 Å². The van der Waals surface area contributed by atoms with Crippen LogP contribution in [0.4, 0.5) is 4.79 Å². The summed E-state index contributed by atoms with van der Waals surface area (Å²) in [4.78, 5) is 22.8. The molecule has 1 amide bonds. The van der Waals surface area contributed by atoms with Crippen molar-refractivity contribution >= 4 is 11.9 Å². The number of ether oxygens (including phenoxy) is 1. The SMILES string of the molecule is Cc1cc(C)n2cc(CN(C)CCCNC(=O)OC(C)(C)C)nc2n1. The van der Waals surface area contributed by atoms with E-state index < -0.39 is 5.60 Å². The lowest BCUT2D eigenvalue weighted by Crippen LogP contribution is -2.34. The van der Waals surface area contributed by atoms with Crippen LogP contribution in [0.25, 0.3) is 5.78 Å². The van der Waals surface area contributed by atoms with E-state index in [9.17, 15) is 4.79 Å². The highest BCUT2D eigenvalue weighted by Crippen LogP contribution is 2.10. The zero-order valence-electron chi connectivity index (χ0n) is 16.1. The Morgan fingerprint density at radius 3 is 2.72 bits per heavy atom. The molecule has 2 aromatic rings. The number of amides is 1. The molecule has 0 aliphatic heterocycles. The first-order chi connectivity index (χ1) is 11.6. The van der Waals surface area contributed by atoms with E-state index in [4.69, 9.17) is 4.74 Å². The molecular weight excluding hydrogens is 318 g/mol. The second-order valence-electron chi connectivity index (χ2n) is 7.46. The van der Waals surface area contributed by atoms with Crippen molar-refractivity contribution in [2.75, 3.05) is 20.1 Å². The molecule has 0 aliphatic rings. The second-order valence-corrected chi connectivity index (χ2v) is 7.46. The van der Waals surface area contributed by atoms with Crippen LogP contribution in [0, 0.1) is 13.8 Å². The summed E-state index contributed by atoms with van der Waals surface area (Å²) >= 11 is 0. The van der Waals surface area contributed by atoms with Crippen LogP contribution in [-0.2, 0) is 11.3 Å². The van der Waals surface area contributed by atoms with Gasteiger partial charge in [-0.25, -0.2) is 14.8 Å². The molecule has 2 heterocycles. The highest BCUT2D eigenvalue weighted by Gasteiger charge is 2.15. The van der Waals surface area contributed by atoms with Crippen molar-refractivity contribution < 1.29 is 9.53 Å². The summed E-state index contributed by atoms with van der Waals surface area (Å²) in [6.45, 7) is 11.8. The van der Waals surface area contributed by atoms with Crippen molar-refractivity contribution in [3.63, 3.8) is 0 Å². The highest BCUT2D eigenvalue weighted by atomic mass is 16.6. The minimum absolute atomic E-state index is 0.368. The average molecular weight is 347 g/mol. The fourth-order valence-electron chi connectivity index (χ4n) is 2.60. The van der Waals surface area contributed by atoms with Crippen molar-refractivity contribution in [3.05, 3.63) is 29.3 Å². The number of nitrogens with one attached hydrogen (secondary N) is 1. The number of carbonyl (C=O) groups excluding carboxylic acids is 1. The van der Waals surface area contributed by atoms with Crippen LogP contribution in [-0.4, -0.2) is 51.1 Å². The standard InChI is InChI=1S/C18H29N5O2/c1-13-10-14(2)23-12-15(21-16(23)20-13)11-22(6)9-7-8-19-17(24)25-18(3,4)5/h10,12H,7-9,11H2,1-6H3,(H,19,24). The molecule has 0 aromatic carbocycles. The number of rotatable bonds is 6. The third kappa shape index (κ3) is 6.01. The van der Waals surface area contributed by atoms with Crippen LogP contribution >= 0.6 is 0 Å². The van der Waals surface area contributed by atoms with Gasteiger partial charge in [0.2, 0.25) is 5.78 Å². The van der Waals surface area contributed by atoms with Gasteiger partial charge in [-0.1, -0.05) is 0 Å². The molecule has 7 nitrogen and oxygen atoms in total. The van der Waals surface area contributed by atoms with Crippen LogP contribution < -0.4 is 5.32 Å². The fourth-order valence-corrected chi connectivity index (χ4v) is 2.60. The van der Waals surface area contributed by atoms with Crippen molar-refractivity contribution in [2.45, 2.75) is 53.2 Å². The quantitative estimate of drug-likeness (QED) is 0.814. The summed E-state index contributed by atoms with van der Waals surface area (Å²) in [5.74, 6) is 0.743. The fraction of sp³-hybridized carbons (Fsp3) is 0.611. The third-order valence-electron chi connectivity index (χ3n) is 3.63. The van der Waals surface area contributed by atoms with Crippen LogP contribution in [0.3, 0.4) is 0 Å². The summed E-state index contributed by atoms with van der Waals surface area (Å²) in [7, 11) is 2.04. The van der Waals surface area contributed by atoms with E-state index in [-0.39, 0.29) is 6.09 Å². The largest absolute Gasteiger partial charge is 0.444 e. The Labute approximate surface area is 149 Å². The monoisotopic (exact) mass is 347 g/mol. The summed E-state index contributed by atoms with van der Waals surface area (Å²) in [5.41, 5.74) is 2.63. The van der Waals surface area contributed by atoms with Gasteiger partial charge in [0, 0.05) is 30.7 Å². The van der Waals surface area contributed by atoms with Gasteiger partial charge < -0.3 is 15.0 Å². The Bertz CT molecular complexity index is 733. The van der Waals surface area contributed by atoms with Gasteiger partial charge in [0.15, 0.2) is 0 Å². The number of nitrogens with zero attached hydrogens (tertiary/aromatic N) is 4. The van der Waals surface area contributed by atoms with Crippen molar-refractivity contribution in [3.8, 4) is 0 Å². The highest BCUT2D eigenvalue weighted by molar-refractivity contribution is 5.67. The molecular formula is C18H29N5O2. The predicted molar refractivity (Wildman–Crippen MR) is 97.6 cm³/mol. The molecule has 0 atom stereocenters. The minimum Gasteiger partial charge on any atom is -0.444 e. The molecule has 0 spiro atoms. The van der Waals surface area contributed by atoms with Crippen LogP contribution in [0.2, 0.25) is 0 Å². The third-order valence-corrected chi connectivity index (χ3v) is 3.63. The molecule has 0 saturated heterocycles. The maximum atomic E-state index is 11.6.